The first-order valence-electron chi connectivity index (χ1n) is 9.53. The number of ether oxygens (including phenoxy) is 1. The highest BCUT2D eigenvalue weighted by Crippen LogP contribution is 2.35. The van der Waals surface area contributed by atoms with E-state index in [-0.39, 0.29) is 27.8 Å². The Morgan fingerprint density at radius 2 is 1.65 bits per heavy atom. The van der Waals surface area contributed by atoms with Crippen molar-refractivity contribution in [3.63, 3.8) is 0 Å². The molecule has 0 unspecified atom stereocenters. The fourth-order valence-corrected chi connectivity index (χ4v) is 5.43. The van der Waals surface area contributed by atoms with E-state index in [1.54, 1.807) is 42.5 Å². The second-order valence-electron chi connectivity index (χ2n) is 6.97. The van der Waals surface area contributed by atoms with E-state index in [1.807, 2.05) is 12.1 Å². The molecule has 31 heavy (non-hydrogen) atoms. The van der Waals surface area contributed by atoms with Crippen LogP contribution in [0.4, 0.5) is 5.69 Å². The molecule has 0 saturated heterocycles. The van der Waals surface area contributed by atoms with E-state index in [0.717, 1.165) is 5.56 Å². The number of sulfonamides is 1. The lowest BCUT2D eigenvalue weighted by Gasteiger charge is -2.20. The molecule has 1 aliphatic rings. The highest BCUT2D eigenvalue weighted by atomic mass is 35.5. The summed E-state index contributed by atoms with van der Waals surface area (Å²) in [6.45, 7) is -0.161. The van der Waals surface area contributed by atoms with Crippen molar-refractivity contribution in [2.45, 2.75) is 11.3 Å². The van der Waals surface area contributed by atoms with Crippen molar-refractivity contribution in [3.8, 4) is 0 Å². The van der Waals surface area contributed by atoms with Crippen LogP contribution in [-0.2, 0) is 21.2 Å². The topological polar surface area (TPSA) is 80.8 Å². The third kappa shape index (κ3) is 4.19. The number of nitrogens with zero attached hydrogens (tertiary/aromatic N) is 1. The number of hydrogen-bond acceptors (Lipinski definition) is 5. The van der Waals surface area contributed by atoms with Gasteiger partial charge in [0.1, 0.15) is 4.90 Å². The molecule has 8 heteroatoms. The first-order valence-corrected chi connectivity index (χ1v) is 11.4. The van der Waals surface area contributed by atoms with Crippen LogP contribution in [0.2, 0.25) is 5.02 Å². The Labute approximate surface area is 185 Å². The van der Waals surface area contributed by atoms with Gasteiger partial charge in [-0.05, 0) is 36.2 Å². The molecule has 1 heterocycles. The molecule has 0 aliphatic carbocycles. The van der Waals surface area contributed by atoms with Gasteiger partial charge in [0.25, 0.3) is 10.0 Å². The molecule has 6 nitrogen and oxygen atoms in total. The molecule has 4 rings (SSSR count). The predicted octanol–water partition coefficient (Wildman–Crippen LogP) is 4.13. The van der Waals surface area contributed by atoms with Crippen LogP contribution in [0.3, 0.4) is 0 Å². The number of anilines is 1. The van der Waals surface area contributed by atoms with Gasteiger partial charge < -0.3 is 4.74 Å². The number of rotatable bonds is 6. The molecule has 158 valence electrons. The van der Waals surface area contributed by atoms with E-state index in [0.29, 0.717) is 17.7 Å². The third-order valence-corrected chi connectivity index (χ3v) is 7.30. The molecule has 0 saturated carbocycles. The number of halogens is 1. The first kappa shape index (κ1) is 21.1. The zero-order chi connectivity index (χ0) is 22.0. The van der Waals surface area contributed by atoms with Gasteiger partial charge in [-0.25, -0.2) is 13.2 Å². The molecule has 0 spiro atoms. The number of Topliss-reactive ketones (excluding diaryl/α,β-unsaturated/α-hetero) is 1. The fraction of sp³-hybridized carbons (Fsp3) is 0.130. The van der Waals surface area contributed by atoms with Gasteiger partial charge in [0.15, 0.2) is 12.4 Å². The van der Waals surface area contributed by atoms with Crippen LogP contribution >= 0.6 is 11.6 Å². The minimum Gasteiger partial charge on any atom is -0.454 e. The van der Waals surface area contributed by atoms with Gasteiger partial charge in [-0.2, -0.15) is 0 Å². The molecule has 0 radical (unpaired) electrons. The number of hydrogen-bond donors (Lipinski definition) is 0. The maximum Gasteiger partial charge on any atom is 0.338 e. The second-order valence-corrected chi connectivity index (χ2v) is 9.20. The highest BCUT2D eigenvalue weighted by molar-refractivity contribution is 7.93. The number of benzene rings is 3. The minimum absolute atomic E-state index is 0.00120. The summed E-state index contributed by atoms with van der Waals surface area (Å²) in [6, 6.07) is 19.6. The summed E-state index contributed by atoms with van der Waals surface area (Å²) < 4.78 is 32.9. The van der Waals surface area contributed by atoms with Gasteiger partial charge in [0.05, 0.1) is 16.3 Å². The van der Waals surface area contributed by atoms with Crippen molar-refractivity contribution in [2.24, 2.45) is 0 Å². The first-order chi connectivity index (χ1) is 14.9. The number of carbonyl (C=O) groups excluding carboxylic acids is 2. The second kappa shape index (κ2) is 8.53. The van der Waals surface area contributed by atoms with E-state index in [9.17, 15) is 18.0 Å². The van der Waals surface area contributed by atoms with Crippen LogP contribution < -0.4 is 4.31 Å². The number of para-hydroxylation sites is 1. The lowest BCUT2D eigenvalue weighted by atomic mass is 10.1. The van der Waals surface area contributed by atoms with Gasteiger partial charge in [-0.15, -0.1) is 0 Å². The van der Waals surface area contributed by atoms with Crippen molar-refractivity contribution in [3.05, 3.63) is 94.5 Å². The largest absolute Gasteiger partial charge is 0.454 e. The minimum atomic E-state index is -3.99. The van der Waals surface area contributed by atoms with E-state index < -0.39 is 22.6 Å². The molecular weight excluding hydrogens is 438 g/mol. The Hall–Kier alpha value is -3.16. The van der Waals surface area contributed by atoms with Crippen LogP contribution in [-0.4, -0.2) is 33.3 Å². The van der Waals surface area contributed by atoms with Crippen LogP contribution in [0.1, 0.15) is 26.3 Å². The SMILES string of the molecule is O=C(COC(=O)c1ccc(Cl)c(S(=O)(=O)N2CCc3ccccc32)c1)c1ccccc1. The quantitative estimate of drug-likeness (QED) is 0.412. The molecule has 1 aliphatic heterocycles. The zero-order valence-electron chi connectivity index (χ0n) is 16.3. The van der Waals surface area contributed by atoms with E-state index in [1.165, 1.54) is 22.5 Å². The molecule has 0 atom stereocenters. The Kier molecular flexibility index (Phi) is 5.80. The maximum atomic E-state index is 13.3. The van der Waals surface area contributed by atoms with Gasteiger partial charge in [-0.1, -0.05) is 60.1 Å². The average Bonchev–Trinajstić information content (AvgIpc) is 3.23. The smallest absolute Gasteiger partial charge is 0.338 e. The van der Waals surface area contributed by atoms with Crippen molar-refractivity contribution in [2.75, 3.05) is 17.5 Å². The molecule has 0 fully saturated rings. The molecule has 0 aromatic heterocycles. The summed E-state index contributed by atoms with van der Waals surface area (Å²) >= 11 is 6.19. The van der Waals surface area contributed by atoms with Crippen molar-refractivity contribution >= 4 is 39.1 Å². The van der Waals surface area contributed by atoms with E-state index >= 15 is 0 Å². The summed E-state index contributed by atoms with van der Waals surface area (Å²) in [5.74, 6) is -1.16. The monoisotopic (exact) mass is 455 g/mol. The molecule has 3 aromatic carbocycles. The number of fused-ring (bicyclic) bond motifs is 1. The van der Waals surface area contributed by atoms with Crippen molar-refractivity contribution in [1.29, 1.82) is 0 Å². The van der Waals surface area contributed by atoms with Gasteiger partial charge in [-0.3, -0.25) is 9.10 Å². The van der Waals surface area contributed by atoms with E-state index in [4.69, 9.17) is 16.3 Å². The van der Waals surface area contributed by atoms with E-state index in [2.05, 4.69) is 0 Å². The van der Waals surface area contributed by atoms with Crippen LogP contribution in [0.5, 0.6) is 0 Å². The van der Waals surface area contributed by atoms with Crippen LogP contribution in [0, 0.1) is 0 Å². The summed E-state index contributed by atoms with van der Waals surface area (Å²) in [4.78, 5) is 24.4. The maximum absolute atomic E-state index is 13.3. The molecule has 3 aromatic rings. The van der Waals surface area contributed by atoms with Crippen LogP contribution in [0.25, 0.3) is 0 Å². The predicted molar refractivity (Wildman–Crippen MR) is 117 cm³/mol. The fourth-order valence-electron chi connectivity index (χ4n) is 3.43. The molecule has 0 N–H and O–H groups in total. The number of carbonyl (C=O) groups is 2. The Balaban J connectivity index is 1.56. The normalized spacial score (nSPS) is 13.0. The highest BCUT2D eigenvalue weighted by Gasteiger charge is 2.32. The Bertz CT molecular complexity index is 1260. The van der Waals surface area contributed by atoms with Gasteiger partial charge in [0.2, 0.25) is 0 Å². The number of esters is 1. The third-order valence-electron chi connectivity index (χ3n) is 5.01. The molecular formula is C23H18ClNO5S. The molecule has 0 bridgehead atoms. The standard InChI is InChI=1S/C23H18ClNO5S/c24-19-11-10-18(23(27)30-15-21(26)17-7-2-1-3-8-17)14-22(19)31(28,29)25-13-12-16-6-4-5-9-20(16)25/h1-11,14H,12-13,15H2. The van der Waals surface area contributed by atoms with Crippen molar-refractivity contribution in [1.82, 2.24) is 0 Å². The van der Waals surface area contributed by atoms with Gasteiger partial charge in [0, 0.05) is 12.1 Å². The molecule has 0 amide bonds. The lowest BCUT2D eigenvalue weighted by molar-refractivity contribution is 0.0474. The Morgan fingerprint density at radius 1 is 0.935 bits per heavy atom. The zero-order valence-corrected chi connectivity index (χ0v) is 17.9. The summed E-state index contributed by atoms with van der Waals surface area (Å²) in [5.41, 5.74) is 1.94. The van der Waals surface area contributed by atoms with Crippen molar-refractivity contribution < 1.29 is 22.7 Å². The lowest BCUT2D eigenvalue weighted by Crippen LogP contribution is -2.29. The Morgan fingerprint density at radius 3 is 2.42 bits per heavy atom. The number of ketones is 1. The average molecular weight is 456 g/mol. The van der Waals surface area contributed by atoms with Gasteiger partial charge >= 0.3 is 5.97 Å². The summed E-state index contributed by atoms with van der Waals surface area (Å²) in [5, 5.41) is 0.00120. The summed E-state index contributed by atoms with van der Waals surface area (Å²) in [6.07, 6.45) is 0.594. The summed E-state index contributed by atoms with van der Waals surface area (Å²) in [7, 11) is -3.99. The van der Waals surface area contributed by atoms with Crippen LogP contribution in [0.15, 0.2) is 77.7 Å².